The SMILES string of the molecule is CC.CC.CC(=O)C(C)(Cc1ccccc1)Cc1ccccc1. The largest absolute Gasteiger partial charge is 0.299 e. The number of hydrogen-bond acceptors (Lipinski definition) is 1. The molecule has 0 fully saturated rings. The Bertz CT molecular complexity index is 487. The van der Waals surface area contributed by atoms with Gasteiger partial charge in [0.05, 0.1) is 0 Å². The third-order valence-electron chi connectivity index (χ3n) is 3.72. The second-order valence-electron chi connectivity index (χ2n) is 5.44. The van der Waals surface area contributed by atoms with Crippen molar-refractivity contribution in [3.8, 4) is 0 Å². The highest BCUT2D eigenvalue weighted by Crippen LogP contribution is 2.28. The summed E-state index contributed by atoms with van der Waals surface area (Å²) in [6.07, 6.45) is 1.58. The molecule has 0 radical (unpaired) electrons. The van der Waals surface area contributed by atoms with Crippen LogP contribution < -0.4 is 0 Å². The van der Waals surface area contributed by atoms with Crippen LogP contribution in [-0.2, 0) is 17.6 Å². The smallest absolute Gasteiger partial charge is 0.136 e. The average Bonchev–Trinajstić information content (AvgIpc) is 2.60. The standard InChI is InChI=1S/C18H20O.2C2H6/c1-15(19)18(2,13-16-9-5-3-6-10-16)14-17-11-7-4-8-12-17;2*1-2/h3-12H,13-14H2,1-2H3;2*1-2H3. The minimum atomic E-state index is -0.331. The molecular formula is C22H32O. The number of Topliss-reactive ketones (excluding diaryl/α,β-unsaturated/α-hetero) is 1. The fraction of sp³-hybridized carbons (Fsp3) is 0.409. The van der Waals surface area contributed by atoms with E-state index in [-0.39, 0.29) is 11.2 Å². The summed E-state index contributed by atoms with van der Waals surface area (Å²) in [6, 6.07) is 20.5. The molecule has 0 spiro atoms. The zero-order chi connectivity index (χ0) is 17.7. The van der Waals surface area contributed by atoms with E-state index in [9.17, 15) is 4.79 Å². The predicted molar refractivity (Wildman–Crippen MR) is 102 cm³/mol. The van der Waals surface area contributed by atoms with Gasteiger partial charge in [-0.3, -0.25) is 4.79 Å². The molecule has 2 aromatic rings. The molecule has 0 aliphatic carbocycles. The van der Waals surface area contributed by atoms with Gasteiger partial charge in [0.15, 0.2) is 0 Å². The van der Waals surface area contributed by atoms with E-state index in [1.807, 2.05) is 64.1 Å². The third-order valence-corrected chi connectivity index (χ3v) is 3.72. The van der Waals surface area contributed by atoms with Gasteiger partial charge in [-0.1, -0.05) is 95.3 Å². The first kappa shape index (κ1) is 21.1. The number of ketones is 1. The van der Waals surface area contributed by atoms with Crippen LogP contribution in [0.4, 0.5) is 0 Å². The Balaban J connectivity index is 0.00000112. The van der Waals surface area contributed by atoms with Crippen molar-refractivity contribution in [2.75, 3.05) is 0 Å². The average molecular weight is 312 g/mol. The first-order chi connectivity index (χ1) is 11.1. The Morgan fingerprint density at radius 2 is 1.04 bits per heavy atom. The zero-order valence-electron chi connectivity index (χ0n) is 15.6. The van der Waals surface area contributed by atoms with Gasteiger partial charge < -0.3 is 0 Å². The van der Waals surface area contributed by atoms with Gasteiger partial charge in [0, 0.05) is 5.41 Å². The van der Waals surface area contributed by atoms with E-state index in [2.05, 4.69) is 31.2 Å². The lowest BCUT2D eigenvalue weighted by Crippen LogP contribution is -2.30. The highest BCUT2D eigenvalue weighted by molar-refractivity contribution is 5.82. The van der Waals surface area contributed by atoms with Crippen molar-refractivity contribution in [2.24, 2.45) is 5.41 Å². The quantitative estimate of drug-likeness (QED) is 0.650. The molecule has 0 saturated heterocycles. The number of carbonyl (C=O) groups is 1. The van der Waals surface area contributed by atoms with Gasteiger partial charge in [0.25, 0.3) is 0 Å². The number of hydrogen-bond donors (Lipinski definition) is 0. The van der Waals surface area contributed by atoms with Gasteiger partial charge in [-0.05, 0) is 30.9 Å². The summed E-state index contributed by atoms with van der Waals surface area (Å²) in [5.41, 5.74) is 2.11. The molecule has 23 heavy (non-hydrogen) atoms. The predicted octanol–water partition coefficient (Wildman–Crippen LogP) is 6.12. The maximum absolute atomic E-state index is 12.1. The van der Waals surface area contributed by atoms with Crippen LogP contribution in [0.15, 0.2) is 60.7 Å². The van der Waals surface area contributed by atoms with Crippen molar-refractivity contribution in [3.05, 3.63) is 71.8 Å². The molecule has 0 aliphatic heterocycles. The maximum atomic E-state index is 12.1. The molecule has 0 unspecified atom stereocenters. The monoisotopic (exact) mass is 312 g/mol. The molecule has 1 heteroatoms. The van der Waals surface area contributed by atoms with Gasteiger partial charge in [-0.2, -0.15) is 0 Å². The minimum absolute atomic E-state index is 0.250. The topological polar surface area (TPSA) is 17.1 Å². The Hall–Kier alpha value is -1.89. The van der Waals surface area contributed by atoms with E-state index >= 15 is 0 Å². The summed E-state index contributed by atoms with van der Waals surface area (Å²) >= 11 is 0. The molecule has 2 aromatic carbocycles. The van der Waals surface area contributed by atoms with E-state index in [0.29, 0.717) is 0 Å². The molecule has 0 heterocycles. The van der Waals surface area contributed by atoms with Crippen LogP contribution in [0.5, 0.6) is 0 Å². The Labute approximate surface area is 142 Å². The van der Waals surface area contributed by atoms with Gasteiger partial charge >= 0.3 is 0 Å². The molecule has 0 amide bonds. The van der Waals surface area contributed by atoms with Gasteiger partial charge in [-0.15, -0.1) is 0 Å². The molecule has 0 N–H and O–H groups in total. The van der Waals surface area contributed by atoms with E-state index < -0.39 is 0 Å². The van der Waals surface area contributed by atoms with Gasteiger partial charge in [0.1, 0.15) is 5.78 Å². The molecule has 1 nitrogen and oxygen atoms in total. The van der Waals surface area contributed by atoms with Crippen molar-refractivity contribution in [2.45, 2.75) is 54.4 Å². The van der Waals surface area contributed by atoms with Crippen molar-refractivity contribution in [3.63, 3.8) is 0 Å². The van der Waals surface area contributed by atoms with E-state index in [0.717, 1.165) is 12.8 Å². The Morgan fingerprint density at radius 1 is 0.739 bits per heavy atom. The Morgan fingerprint density at radius 3 is 1.30 bits per heavy atom. The second-order valence-corrected chi connectivity index (χ2v) is 5.44. The van der Waals surface area contributed by atoms with Crippen molar-refractivity contribution in [1.29, 1.82) is 0 Å². The lowest BCUT2D eigenvalue weighted by atomic mass is 9.75. The summed E-state index contributed by atoms with van der Waals surface area (Å²) in [4.78, 5) is 12.1. The zero-order valence-corrected chi connectivity index (χ0v) is 15.6. The lowest BCUT2D eigenvalue weighted by Gasteiger charge is -2.27. The van der Waals surface area contributed by atoms with Crippen LogP contribution in [0.25, 0.3) is 0 Å². The molecule has 126 valence electrons. The highest BCUT2D eigenvalue weighted by Gasteiger charge is 2.30. The molecule has 0 aromatic heterocycles. The van der Waals surface area contributed by atoms with Crippen LogP contribution >= 0.6 is 0 Å². The first-order valence-electron chi connectivity index (χ1n) is 8.69. The van der Waals surface area contributed by atoms with Gasteiger partial charge in [0.2, 0.25) is 0 Å². The van der Waals surface area contributed by atoms with Crippen LogP contribution in [0, 0.1) is 5.41 Å². The van der Waals surface area contributed by atoms with Crippen LogP contribution in [0.1, 0.15) is 52.7 Å². The summed E-state index contributed by atoms with van der Waals surface area (Å²) in [5, 5.41) is 0. The summed E-state index contributed by atoms with van der Waals surface area (Å²) in [6.45, 7) is 11.8. The number of carbonyl (C=O) groups excluding carboxylic acids is 1. The number of rotatable bonds is 5. The summed E-state index contributed by atoms with van der Waals surface area (Å²) < 4.78 is 0. The summed E-state index contributed by atoms with van der Waals surface area (Å²) in [7, 11) is 0. The van der Waals surface area contributed by atoms with E-state index in [1.54, 1.807) is 6.92 Å². The second kappa shape index (κ2) is 11.6. The normalized spacial score (nSPS) is 9.83. The first-order valence-corrected chi connectivity index (χ1v) is 8.69. The van der Waals surface area contributed by atoms with Crippen molar-refractivity contribution in [1.82, 2.24) is 0 Å². The van der Waals surface area contributed by atoms with Crippen LogP contribution in [0.2, 0.25) is 0 Å². The summed E-state index contributed by atoms with van der Waals surface area (Å²) in [5.74, 6) is 0.250. The molecule has 2 rings (SSSR count). The van der Waals surface area contributed by atoms with E-state index in [1.165, 1.54) is 11.1 Å². The highest BCUT2D eigenvalue weighted by atomic mass is 16.1. The fourth-order valence-electron chi connectivity index (χ4n) is 2.40. The molecule has 0 aliphatic rings. The minimum Gasteiger partial charge on any atom is -0.299 e. The molecule has 0 bridgehead atoms. The van der Waals surface area contributed by atoms with Crippen LogP contribution in [0.3, 0.4) is 0 Å². The van der Waals surface area contributed by atoms with E-state index in [4.69, 9.17) is 0 Å². The van der Waals surface area contributed by atoms with Gasteiger partial charge in [-0.25, -0.2) is 0 Å². The molecule has 0 atom stereocenters. The fourth-order valence-corrected chi connectivity index (χ4v) is 2.40. The van der Waals surface area contributed by atoms with Crippen molar-refractivity contribution < 1.29 is 4.79 Å². The maximum Gasteiger partial charge on any atom is 0.136 e. The van der Waals surface area contributed by atoms with Crippen LogP contribution in [-0.4, -0.2) is 5.78 Å². The lowest BCUT2D eigenvalue weighted by molar-refractivity contribution is -0.125. The Kier molecular flexibility index (Phi) is 10.7. The molecular weight excluding hydrogens is 280 g/mol. The van der Waals surface area contributed by atoms with Crippen molar-refractivity contribution >= 4 is 5.78 Å². The third kappa shape index (κ3) is 7.27. The molecule has 0 saturated carbocycles. The number of benzene rings is 2.